The largest absolute Gasteiger partial charge is 0.459 e. The molecule has 1 aromatic carbocycles. The zero-order valence-corrected chi connectivity index (χ0v) is 14.8. The molecule has 0 radical (unpaired) electrons. The number of para-hydroxylation sites is 1. The number of furan rings is 1. The molecule has 2 aliphatic heterocycles. The van der Waals surface area contributed by atoms with Crippen molar-refractivity contribution in [3.63, 3.8) is 0 Å². The molecule has 26 heavy (non-hydrogen) atoms. The van der Waals surface area contributed by atoms with Crippen molar-refractivity contribution < 1.29 is 18.7 Å². The van der Waals surface area contributed by atoms with Crippen LogP contribution in [0.25, 0.3) is 0 Å². The van der Waals surface area contributed by atoms with E-state index in [-0.39, 0.29) is 11.8 Å². The van der Waals surface area contributed by atoms with E-state index in [2.05, 4.69) is 0 Å². The van der Waals surface area contributed by atoms with Crippen molar-refractivity contribution in [1.82, 2.24) is 4.90 Å². The number of piperidine rings is 1. The summed E-state index contributed by atoms with van der Waals surface area (Å²) < 4.78 is 10.4. The van der Waals surface area contributed by atoms with Gasteiger partial charge in [0.15, 0.2) is 5.76 Å². The average molecular weight is 354 g/mol. The molecule has 0 saturated carbocycles. The van der Waals surface area contributed by atoms with E-state index in [1.54, 1.807) is 24.1 Å². The summed E-state index contributed by atoms with van der Waals surface area (Å²) in [6.07, 6.45) is 2.75. The average Bonchev–Trinajstić information content (AvgIpc) is 3.29. The number of methoxy groups -OCH3 is 1. The number of hydrogen-bond acceptors (Lipinski definition) is 4. The smallest absolute Gasteiger partial charge is 0.289 e. The SMILES string of the molecule is COCCN1C(=O)C2(CCN(C(=O)c3ccco3)CC2)c2ccccc21. The summed E-state index contributed by atoms with van der Waals surface area (Å²) in [6.45, 7) is 2.12. The quantitative estimate of drug-likeness (QED) is 0.846. The highest BCUT2D eigenvalue weighted by atomic mass is 16.5. The molecule has 1 spiro atoms. The molecular weight excluding hydrogens is 332 g/mol. The Hall–Kier alpha value is -2.60. The maximum Gasteiger partial charge on any atom is 0.289 e. The molecule has 3 heterocycles. The number of rotatable bonds is 4. The number of hydrogen-bond donors (Lipinski definition) is 0. The summed E-state index contributed by atoms with van der Waals surface area (Å²) in [4.78, 5) is 29.4. The molecule has 2 amide bonds. The van der Waals surface area contributed by atoms with Crippen LogP contribution in [-0.2, 0) is 14.9 Å². The fourth-order valence-electron chi connectivity index (χ4n) is 4.13. The molecule has 2 aliphatic rings. The summed E-state index contributed by atoms with van der Waals surface area (Å²) >= 11 is 0. The molecule has 6 heteroatoms. The lowest BCUT2D eigenvalue weighted by Gasteiger charge is -2.38. The highest BCUT2D eigenvalue weighted by molar-refractivity contribution is 6.08. The zero-order chi connectivity index (χ0) is 18.1. The van der Waals surface area contributed by atoms with Crippen molar-refractivity contribution in [1.29, 1.82) is 0 Å². The normalized spacial score (nSPS) is 18.4. The molecule has 0 aliphatic carbocycles. The van der Waals surface area contributed by atoms with Gasteiger partial charge in [0, 0.05) is 32.4 Å². The lowest BCUT2D eigenvalue weighted by molar-refractivity contribution is -0.124. The van der Waals surface area contributed by atoms with E-state index in [1.165, 1.54) is 6.26 Å². The monoisotopic (exact) mass is 354 g/mol. The fraction of sp³-hybridized carbons (Fsp3) is 0.400. The third-order valence-corrected chi connectivity index (χ3v) is 5.52. The molecular formula is C20H22N2O4. The number of likely N-dealkylation sites (tertiary alicyclic amines) is 1. The summed E-state index contributed by atoms with van der Waals surface area (Å²) in [7, 11) is 1.64. The number of nitrogens with zero attached hydrogens (tertiary/aromatic N) is 2. The van der Waals surface area contributed by atoms with Gasteiger partial charge in [0.2, 0.25) is 5.91 Å². The third-order valence-electron chi connectivity index (χ3n) is 5.52. The van der Waals surface area contributed by atoms with Crippen LogP contribution in [0.1, 0.15) is 29.0 Å². The number of ether oxygens (including phenoxy) is 1. The van der Waals surface area contributed by atoms with Crippen LogP contribution in [0.5, 0.6) is 0 Å². The summed E-state index contributed by atoms with van der Waals surface area (Å²) in [5, 5.41) is 0. The molecule has 136 valence electrons. The topological polar surface area (TPSA) is 63.0 Å². The van der Waals surface area contributed by atoms with Crippen molar-refractivity contribution in [2.45, 2.75) is 18.3 Å². The van der Waals surface area contributed by atoms with Gasteiger partial charge in [-0.3, -0.25) is 9.59 Å². The predicted molar refractivity (Wildman–Crippen MR) is 96.2 cm³/mol. The summed E-state index contributed by atoms with van der Waals surface area (Å²) in [5.74, 6) is 0.362. The van der Waals surface area contributed by atoms with Gasteiger partial charge in [-0.05, 0) is 36.6 Å². The second-order valence-electron chi connectivity index (χ2n) is 6.82. The van der Waals surface area contributed by atoms with Crippen molar-refractivity contribution in [3.05, 3.63) is 54.0 Å². The second kappa shape index (κ2) is 6.61. The Morgan fingerprint density at radius 2 is 1.96 bits per heavy atom. The molecule has 0 bridgehead atoms. The van der Waals surface area contributed by atoms with E-state index in [0.29, 0.717) is 44.8 Å². The van der Waals surface area contributed by atoms with Gasteiger partial charge < -0.3 is 19.0 Å². The number of amides is 2. The van der Waals surface area contributed by atoms with Crippen LogP contribution in [0.4, 0.5) is 5.69 Å². The Labute approximate surface area is 152 Å². The first-order valence-electron chi connectivity index (χ1n) is 8.90. The standard InChI is InChI=1S/C20H22N2O4/c1-25-14-12-22-16-6-3-2-5-15(16)20(19(22)24)8-10-21(11-9-20)18(23)17-7-4-13-26-17/h2-7,13H,8-12,14H2,1H3. The summed E-state index contributed by atoms with van der Waals surface area (Å²) in [5.41, 5.74) is 1.51. The lowest BCUT2D eigenvalue weighted by atomic mass is 9.73. The van der Waals surface area contributed by atoms with Crippen molar-refractivity contribution >= 4 is 17.5 Å². The van der Waals surface area contributed by atoms with Crippen LogP contribution in [0, 0.1) is 0 Å². The molecule has 6 nitrogen and oxygen atoms in total. The van der Waals surface area contributed by atoms with Gasteiger partial charge >= 0.3 is 0 Å². The van der Waals surface area contributed by atoms with Crippen LogP contribution in [0.15, 0.2) is 47.1 Å². The Morgan fingerprint density at radius 3 is 2.65 bits per heavy atom. The van der Waals surface area contributed by atoms with Gasteiger partial charge in [-0.25, -0.2) is 0 Å². The van der Waals surface area contributed by atoms with E-state index in [1.807, 2.05) is 29.2 Å². The highest BCUT2D eigenvalue weighted by Gasteiger charge is 2.52. The van der Waals surface area contributed by atoms with Crippen molar-refractivity contribution in [2.75, 3.05) is 38.3 Å². The molecule has 1 saturated heterocycles. The van der Waals surface area contributed by atoms with Gasteiger partial charge in [-0.2, -0.15) is 0 Å². The zero-order valence-electron chi connectivity index (χ0n) is 14.8. The Balaban J connectivity index is 1.58. The lowest BCUT2D eigenvalue weighted by Crippen LogP contribution is -2.50. The maximum absolute atomic E-state index is 13.3. The number of anilines is 1. The first-order valence-corrected chi connectivity index (χ1v) is 8.90. The molecule has 4 rings (SSSR count). The predicted octanol–water partition coefficient (Wildman–Crippen LogP) is 2.45. The van der Waals surface area contributed by atoms with Gasteiger partial charge in [0.25, 0.3) is 5.91 Å². The van der Waals surface area contributed by atoms with Crippen LogP contribution in [0.3, 0.4) is 0 Å². The number of carbonyl (C=O) groups is 2. The van der Waals surface area contributed by atoms with E-state index in [0.717, 1.165) is 11.3 Å². The molecule has 0 atom stereocenters. The van der Waals surface area contributed by atoms with Crippen LogP contribution < -0.4 is 4.90 Å². The molecule has 1 aromatic heterocycles. The number of benzene rings is 1. The van der Waals surface area contributed by atoms with Crippen LogP contribution in [-0.4, -0.2) is 50.1 Å². The Kier molecular flexibility index (Phi) is 4.28. The molecule has 0 unspecified atom stereocenters. The summed E-state index contributed by atoms with van der Waals surface area (Å²) in [6, 6.07) is 11.4. The van der Waals surface area contributed by atoms with Gasteiger partial charge in [-0.1, -0.05) is 18.2 Å². The highest BCUT2D eigenvalue weighted by Crippen LogP contribution is 2.47. The van der Waals surface area contributed by atoms with Crippen molar-refractivity contribution in [3.8, 4) is 0 Å². The Morgan fingerprint density at radius 1 is 1.19 bits per heavy atom. The van der Waals surface area contributed by atoms with E-state index in [4.69, 9.17) is 9.15 Å². The van der Waals surface area contributed by atoms with Gasteiger partial charge in [0.05, 0.1) is 18.3 Å². The number of carbonyl (C=O) groups excluding carboxylic acids is 2. The van der Waals surface area contributed by atoms with Crippen molar-refractivity contribution in [2.24, 2.45) is 0 Å². The molecule has 2 aromatic rings. The van der Waals surface area contributed by atoms with Crippen LogP contribution >= 0.6 is 0 Å². The number of fused-ring (bicyclic) bond motifs is 2. The first kappa shape index (κ1) is 16.8. The Bertz CT molecular complexity index is 807. The fourth-order valence-corrected chi connectivity index (χ4v) is 4.13. The minimum atomic E-state index is -0.537. The molecule has 1 fully saturated rings. The van der Waals surface area contributed by atoms with E-state index >= 15 is 0 Å². The molecule has 0 N–H and O–H groups in total. The van der Waals surface area contributed by atoms with Crippen LogP contribution in [0.2, 0.25) is 0 Å². The first-order chi connectivity index (χ1) is 12.7. The maximum atomic E-state index is 13.3. The van der Waals surface area contributed by atoms with Gasteiger partial charge in [-0.15, -0.1) is 0 Å². The van der Waals surface area contributed by atoms with E-state index < -0.39 is 5.41 Å². The minimum Gasteiger partial charge on any atom is -0.459 e. The third kappa shape index (κ3) is 2.52. The second-order valence-corrected chi connectivity index (χ2v) is 6.82. The van der Waals surface area contributed by atoms with Gasteiger partial charge in [0.1, 0.15) is 0 Å². The minimum absolute atomic E-state index is 0.111. The van der Waals surface area contributed by atoms with E-state index in [9.17, 15) is 9.59 Å².